The predicted molar refractivity (Wildman–Crippen MR) is 116 cm³/mol. The van der Waals surface area contributed by atoms with Crippen LogP contribution in [-0.4, -0.2) is 28.5 Å². The van der Waals surface area contributed by atoms with Gasteiger partial charge in [-0.3, -0.25) is 4.79 Å². The number of hydrogen-bond acceptors (Lipinski definition) is 4. The Morgan fingerprint density at radius 1 is 1.07 bits per heavy atom. The number of nitrogens with zero attached hydrogens (tertiary/aromatic N) is 1. The minimum absolute atomic E-state index is 0.0795. The van der Waals surface area contributed by atoms with Crippen molar-refractivity contribution in [2.45, 2.75) is 13.5 Å². The van der Waals surface area contributed by atoms with Gasteiger partial charge in [0, 0.05) is 11.3 Å². The minimum atomic E-state index is -0.562. The third kappa shape index (κ3) is 3.35. The molecule has 2 aromatic carbocycles. The van der Waals surface area contributed by atoms with Crippen LogP contribution in [-0.2, 0) is 16.1 Å². The van der Waals surface area contributed by atoms with E-state index in [-0.39, 0.29) is 22.8 Å². The van der Waals surface area contributed by atoms with E-state index in [9.17, 15) is 14.7 Å². The monoisotopic (exact) mass is 399 g/mol. The zero-order valence-electron chi connectivity index (χ0n) is 16.8. The lowest BCUT2D eigenvalue weighted by Crippen LogP contribution is -2.07. The summed E-state index contributed by atoms with van der Waals surface area (Å²) in [6.07, 6.45) is 4.85. The van der Waals surface area contributed by atoms with Gasteiger partial charge < -0.3 is 14.4 Å². The van der Waals surface area contributed by atoms with Crippen molar-refractivity contribution in [2.24, 2.45) is 0 Å². The second-order valence-electron chi connectivity index (χ2n) is 7.10. The molecule has 1 aromatic heterocycles. The summed E-state index contributed by atoms with van der Waals surface area (Å²) in [7, 11) is 1.30. The molecule has 0 unspecified atom stereocenters. The van der Waals surface area contributed by atoms with Crippen molar-refractivity contribution in [3.63, 3.8) is 0 Å². The number of benzene rings is 2. The molecule has 0 saturated carbocycles. The molecule has 1 N–H and O–H groups in total. The highest BCUT2D eigenvalue weighted by atomic mass is 16.5. The first-order chi connectivity index (χ1) is 14.5. The van der Waals surface area contributed by atoms with Crippen LogP contribution in [0.25, 0.3) is 17.7 Å². The Hall–Kier alpha value is -3.86. The number of allylic oxidation sites excluding steroid dienone is 2. The molecule has 0 aliphatic heterocycles. The van der Waals surface area contributed by atoms with E-state index in [1.807, 2.05) is 54.6 Å². The highest BCUT2D eigenvalue weighted by Crippen LogP contribution is 2.35. The van der Waals surface area contributed by atoms with Crippen molar-refractivity contribution in [3.8, 4) is 5.88 Å². The summed E-state index contributed by atoms with van der Waals surface area (Å²) in [4.78, 5) is 25.2. The van der Waals surface area contributed by atoms with Gasteiger partial charge in [-0.05, 0) is 35.8 Å². The third-order valence-corrected chi connectivity index (χ3v) is 5.32. The zero-order valence-corrected chi connectivity index (χ0v) is 16.8. The van der Waals surface area contributed by atoms with Gasteiger partial charge in [-0.25, -0.2) is 4.79 Å². The van der Waals surface area contributed by atoms with E-state index >= 15 is 0 Å². The third-order valence-electron chi connectivity index (χ3n) is 5.32. The van der Waals surface area contributed by atoms with Crippen LogP contribution < -0.4 is 0 Å². The maximum atomic E-state index is 12.6. The highest BCUT2D eigenvalue weighted by molar-refractivity contribution is 6.33. The Kier molecular flexibility index (Phi) is 5.11. The number of carbonyl (C=O) groups is 2. The van der Waals surface area contributed by atoms with Crippen LogP contribution in [0.1, 0.15) is 38.3 Å². The SMILES string of the molecule is COC(=O)c1c(/C=C2\C(=O)C=Cc3ccccc32)c(O)n(Cc2ccccc2)c1C. The molecule has 0 bridgehead atoms. The molecule has 150 valence electrons. The smallest absolute Gasteiger partial charge is 0.340 e. The van der Waals surface area contributed by atoms with Gasteiger partial charge >= 0.3 is 5.97 Å². The van der Waals surface area contributed by atoms with Gasteiger partial charge in [-0.1, -0.05) is 60.7 Å². The maximum absolute atomic E-state index is 12.6. The van der Waals surface area contributed by atoms with Gasteiger partial charge in [0.15, 0.2) is 11.7 Å². The second-order valence-corrected chi connectivity index (χ2v) is 7.10. The molecule has 0 fully saturated rings. The van der Waals surface area contributed by atoms with Crippen LogP contribution in [0, 0.1) is 6.92 Å². The van der Waals surface area contributed by atoms with Crippen LogP contribution in [0.5, 0.6) is 5.88 Å². The van der Waals surface area contributed by atoms with Crippen LogP contribution in [0.4, 0.5) is 0 Å². The van der Waals surface area contributed by atoms with E-state index in [0.717, 1.165) is 16.7 Å². The van der Waals surface area contributed by atoms with E-state index in [1.54, 1.807) is 23.6 Å². The van der Waals surface area contributed by atoms with Gasteiger partial charge in [0.05, 0.1) is 24.8 Å². The number of ketones is 1. The van der Waals surface area contributed by atoms with Crippen molar-refractivity contribution in [1.82, 2.24) is 4.57 Å². The molecule has 0 spiro atoms. The molecule has 0 radical (unpaired) electrons. The first-order valence-electron chi connectivity index (χ1n) is 9.59. The van der Waals surface area contributed by atoms with E-state index < -0.39 is 5.97 Å². The van der Waals surface area contributed by atoms with E-state index in [4.69, 9.17) is 4.74 Å². The lowest BCUT2D eigenvalue weighted by Gasteiger charge is -2.13. The summed E-state index contributed by atoms with van der Waals surface area (Å²) < 4.78 is 6.63. The molecule has 4 rings (SSSR count). The van der Waals surface area contributed by atoms with Crippen LogP contribution in [0.3, 0.4) is 0 Å². The standard InChI is InChI=1S/C25H21NO4/c1-16-23(25(29)30-2)21(24(28)26(16)15-17-8-4-3-5-9-17)14-20-19-11-7-6-10-18(19)12-13-22(20)27/h3-14,28H,15H2,1-2H3/b20-14-. The predicted octanol–water partition coefficient (Wildman–Crippen LogP) is 4.47. The number of rotatable bonds is 4. The Bertz CT molecular complexity index is 1200. The molecule has 5 nitrogen and oxygen atoms in total. The Morgan fingerprint density at radius 3 is 2.50 bits per heavy atom. The van der Waals surface area contributed by atoms with Gasteiger partial charge in [0.2, 0.25) is 0 Å². The van der Waals surface area contributed by atoms with Gasteiger partial charge in [0.1, 0.15) is 0 Å². The average Bonchev–Trinajstić information content (AvgIpc) is 3.00. The van der Waals surface area contributed by atoms with Gasteiger partial charge in [-0.2, -0.15) is 0 Å². The first-order valence-corrected chi connectivity index (χ1v) is 9.59. The van der Waals surface area contributed by atoms with Crippen molar-refractivity contribution in [1.29, 1.82) is 0 Å². The molecule has 0 amide bonds. The summed E-state index contributed by atoms with van der Waals surface area (Å²) in [5, 5.41) is 11.0. The van der Waals surface area contributed by atoms with Gasteiger partial charge in [0.25, 0.3) is 0 Å². The minimum Gasteiger partial charge on any atom is -0.494 e. The van der Waals surface area contributed by atoms with E-state index in [0.29, 0.717) is 17.8 Å². The maximum Gasteiger partial charge on any atom is 0.340 e. The fourth-order valence-electron chi connectivity index (χ4n) is 3.77. The molecular formula is C25H21NO4. The number of hydrogen-bond donors (Lipinski definition) is 1. The largest absolute Gasteiger partial charge is 0.494 e. The molecular weight excluding hydrogens is 378 g/mol. The summed E-state index contributed by atoms with van der Waals surface area (Å²) in [5.74, 6) is -0.824. The molecule has 30 heavy (non-hydrogen) atoms. The van der Waals surface area contributed by atoms with Gasteiger partial charge in [-0.15, -0.1) is 0 Å². The quantitative estimate of drug-likeness (QED) is 0.519. The fourth-order valence-corrected chi connectivity index (χ4v) is 3.77. The molecule has 0 saturated heterocycles. The first kappa shape index (κ1) is 19.5. The average molecular weight is 399 g/mol. The van der Waals surface area contributed by atoms with E-state index in [1.165, 1.54) is 13.2 Å². The zero-order chi connectivity index (χ0) is 21.3. The molecule has 3 aromatic rings. The number of fused-ring (bicyclic) bond motifs is 1. The summed E-state index contributed by atoms with van der Waals surface area (Å²) in [5.41, 5.74) is 4.16. The van der Waals surface area contributed by atoms with Crippen molar-refractivity contribution in [2.75, 3.05) is 7.11 Å². The van der Waals surface area contributed by atoms with Crippen molar-refractivity contribution in [3.05, 3.63) is 94.2 Å². The summed E-state index contributed by atoms with van der Waals surface area (Å²) in [6.45, 7) is 2.14. The number of esters is 1. The fraction of sp³-hybridized carbons (Fsp3) is 0.120. The van der Waals surface area contributed by atoms with Crippen LogP contribution in [0.15, 0.2) is 60.7 Å². The van der Waals surface area contributed by atoms with Crippen LogP contribution in [0.2, 0.25) is 0 Å². The number of carbonyl (C=O) groups excluding carboxylic acids is 2. The summed E-state index contributed by atoms with van der Waals surface area (Å²) in [6, 6.07) is 17.2. The normalized spacial score (nSPS) is 14.1. The topological polar surface area (TPSA) is 68.5 Å². The van der Waals surface area contributed by atoms with Crippen molar-refractivity contribution >= 4 is 29.5 Å². The van der Waals surface area contributed by atoms with Crippen molar-refractivity contribution < 1.29 is 19.4 Å². The number of ether oxygens (including phenoxy) is 1. The van der Waals surface area contributed by atoms with Crippen LogP contribution >= 0.6 is 0 Å². The lowest BCUT2D eigenvalue weighted by atomic mass is 9.90. The highest BCUT2D eigenvalue weighted by Gasteiger charge is 2.27. The molecule has 0 atom stereocenters. The molecule has 1 aliphatic rings. The number of aromatic nitrogens is 1. The summed E-state index contributed by atoms with van der Waals surface area (Å²) >= 11 is 0. The van der Waals surface area contributed by atoms with E-state index in [2.05, 4.69) is 0 Å². The second kappa shape index (κ2) is 7.87. The number of methoxy groups -OCH3 is 1. The Balaban J connectivity index is 1.90. The Morgan fingerprint density at radius 2 is 1.77 bits per heavy atom. The molecule has 5 heteroatoms. The molecule has 1 aliphatic carbocycles. The molecule has 1 heterocycles. The Labute approximate surface area is 174 Å². The lowest BCUT2D eigenvalue weighted by molar-refractivity contribution is -0.109. The number of aromatic hydroxyl groups is 1.